The molecule has 0 aromatic carbocycles. The molecule has 1 aliphatic carbocycles. The largest absolute Gasteiger partial charge is 0.324 e. The van der Waals surface area contributed by atoms with Gasteiger partial charge in [-0.3, -0.25) is 10.1 Å². The van der Waals surface area contributed by atoms with Gasteiger partial charge in [0.1, 0.15) is 0 Å². The molecule has 2 unspecified atom stereocenters. The smallest absolute Gasteiger partial charge is 0.244 e. The van der Waals surface area contributed by atoms with Crippen LogP contribution in [0.2, 0.25) is 0 Å². The Kier molecular flexibility index (Phi) is 2.31. The molecule has 1 N–H and O–H groups in total. The van der Waals surface area contributed by atoms with Crippen molar-refractivity contribution in [2.24, 2.45) is 0 Å². The summed E-state index contributed by atoms with van der Waals surface area (Å²) in [7, 11) is 0. The van der Waals surface area contributed by atoms with Gasteiger partial charge in [0.2, 0.25) is 5.91 Å². The molecule has 0 aromatic rings. The third-order valence-corrected chi connectivity index (χ3v) is 5.70. The van der Waals surface area contributed by atoms with E-state index in [9.17, 15) is 4.79 Å². The SMILES string of the molecule is CC1NC2(CC2)C(=O)N1CC1(C)CCCS1. The van der Waals surface area contributed by atoms with E-state index in [4.69, 9.17) is 0 Å². The van der Waals surface area contributed by atoms with Crippen LogP contribution < -0.4 is 5.32 Å². The van der Waals surface area contributed by atoms with Crippen LogP contribution in [0.15, 0.2) is 0 Å². The number of amides is 1. The molecule has 2 saturated heterocycles. The highest BCUT2D eigenvalue weighted by Gasteiger charge is 2.58. The highest BCUT2D eigenvalue weighted by Crippen LogP contribution is 2.45. The molecule has 3 fully saturated rings. The molecular formula is C12H20N2OS. The Hall–Kier alpha value is -0.220. The first kappa shape index (κ1) is 10.9. The Morgan fingerprint density at radius 1 is 1.50 bits per heavy atom. The number of hydrogen-bond donors (Lipinski definition) is 1. The van der Waals surface area contributed by atoms with Crippen LogP contribution in [0, 0.1) is 0 Å². The van der Waals surface area contributed by atoms with Gasteiger partial charge in [0.05, 0.1) is 11.7 Å². The van der Waals surface area contributed by atoms with Crippen molar-refractivity contribution in [2.75, 3.05) is 12.3 Å². The van der Waals surface area contributed by atoms with Gasteiger partial charge in [-0.25, -0.2) is 0 Å². The number of hydrogen-bond acceptors (Lipinski definition) is 3. The van der Waals surface area contributed by atoms with Crippen molar-refractivity contribution < 1.29 is 4.79 Å². The highest BCUT2D eigenvalue weighted by atomic mass is 32.2. The van der Waals surface area contributed by atoms with Crippen molar-refractivity contribution in [3.05, 3.63) is 0 Å². The summed E-state index contributed by atoms with van der Waals surface area (Å²) >= 11 is 2.03. The van der Waals surface area contributed by atoms with Crippen LogP contribution in [0.3, 0.4) is 0 Å². The maximum atomic E-state index is 12.3. The average molecular weight is 240 g/mol. The number of rotatable bonds is 2. The summed E-state index contributed by atoms with van der Waals surface area (Å²) in [5.74, 6) is 1.61. The monoisotopic (exact) mass is 240 g/mol. The molecule has 3 rings (SSSR count). The van der Waals surface area contributed by atoms with Crippen molar-refractivity contribution >= 4 is 17.7 Å². The average Bonchev–Trinajstić information content (AvgIpc) is 2.83. The Bertz CT molecular complexity index is 321. The summed E-state index contributed by atoms with van der Waals surface area (Å²) in [5.41, 5.74) is -0.140. The summed E-state index contributed by atoms with van der Waals surface area (Å²) in [6.45, 7) is 5.35. The number of nitrogens with one attached hydrogen (secondary N) is 1. The third kappa shape index (κ3) is 1.58. The molecule has 2 aliphatic heterocycles. The molecule has 1 amide bonds. The summed E-state index contributed by atoms with van der Waals surface area (Å²) in [5, 5.41) is 3.46. The van der Waals surface area contributed by atoms with Crippen LogP contribution in [0.4, 0.5) is 0 Å². The van der Waals surface area contributed by atoms with Crippen LogP contribution in [0.25, 0.3) is 0 Å². The van der Waals surface area contributed by atoms with Gasteiger partial charge in [-0.2, -0.15) is 11.8 Å². The number of thioether (sulfide) groups is 1. The van der Waals surface area contributed by atoms with Crippen molar-refractivity contribution in [3.8, 4) is 0 Å². The fourth-order valence-corrected chi connectivity index (χ4v) is 4.30. The van der Waals surface area contributed by atoms with Gasteiger partial charge in [-0.1, -0.05) is 0 Å². The zero-order valence-electron chi connectivity index (χ0n) is 10.1. The minimum atomic E-state index is -0.140. The van der Waals surface area contributed by atoms with E-state index in [0.29, 0.717) is 10.7 Å². The lowest BCUT2D eigenvalue weighted by Gasteiger charge is -2.31. The number of carbonyl (C=O) groups excluding carboxylic acids is 1. The van der Waals surface area contributed by atoms with E-state index in [1.165, 1.54) is 18.6 Å². The second-order valence-corrected chi connectivity index (χ2v) is 7.42. The summed E-state index contributed by atoms with van der Waals surface area (Å²) in [6.07, 6.45) is 4.86. The van der Waals surface area contributed by atoms with Crippen molar-refractivity contribution in [3.63, 3.8) is 0 Å². The van der Waals surface area contributed by atoms with Gasteiger partial charge in [0, 0.05) is 11.3 Å². The lowest BCUT2D eigenvalue weighted by atomic mass is 10.0. The standard InChI is InChI=1S/C12H20N2OS/c1-9-13-12(5-6-12)10(15)14(9)8-11(2)4-3-7-16-11/h9,13H,3-8H2,1-2H3. The predicted octanol–water partition coefficient (Wildman–Crippen LogP) is 1.58. The van der Waals surface area contributed by atoms with Crippen LogP contribution in [0.5, 0.6) is 0 Å². The van der Waals surface area contributed by atoms with Crippen LogP contribution in [-0.2, 0) is 4.79 Å². The van der Waals surface area contributed by atoms with Gasteiger partial charge >= 0.3 is 0 Å². The normalized spacial score (nSPS) is 41.0. The zero-order chi connectivity index (χ0) is 11.4. The van der Waals surface area contributed by atoms with E-state index in [0.717, 1.165) is 19.4 Å². The number of carbonyl (C=O) groups is 1. The predicted molar refractivity (Wildman–Crippen MR) is 66.4 cm³/mol. The van der Waals surface area contributed by atoms with Gasteiger partial charge in [-0.05, 0) is 45.3 Å². The molecule has 3 aliphatic rings. The van der Waals surface area contributed by atoms with Crippen molar-refractivity contribution in [1.82, 2.24) is 10.2 Å². The second kappa shape index (κ2) is 3.39. The molecule has 0 aromatic heterocycles. The molecule has 3 nitrogen and oxygen atoms in total. The molecule has 1 spiro atoms. The fraction of sp³-hybridized carbons (Fsp3) is 0.917. The molecule has 2 atom stereocenters. The van der Waals surface area contributed by atoms with E-state index in [2.05, 4.69) is 24.1 Å². The Morgan fingerprint density at radius 3 is 2.75 bits per heavy atom. The summed E-state index contributed by atoms with van der Waals surface area (Å²) in [4.78, 5) is 14.4. The first-order valence-corrected chi connectivity index (χ1v) is 7.26. The minimum absolute atomic E-state index is 0.140. The topological polar surface area (TPSA) is 32.3 Å². The van der Waals surface area contributed by atoms with E-state index in [-0.39, 0.29) is 11.7 Å². The number of nitrogens with zero attached hydrogens (tertiary/aromatic N) is 1. The Balaban J connectivity index is 1.72. The second-order valence-electron chi connectivity index (χ2n) is 5.74. The molecule has 4 heteroatoms. The van der Waals surface area contributed by atoms with Crippen molar-refractivity contribution in [1.29, 1.82) is 0 Å². The lowest BCUT2D eigenvalue weighted by molar-refractivity contribution is -0.130. The van der Waals surface area contributed by atoms with Crippen LogP contribution in [0.1, 0.15) is 39.5 Å². The summed E-state index contributed by atoms with van der Waals surface area (Å²) < 4.78 is 0.298. The maximum Gasteiger partial charge on any atom is 0.244 e. The highest BCUT2D eigenvalue weighted by molar-refractivity contribution is 8.00. The molecule has 90 valence electrons. The van der Waals surface area contributed by atoms with Gasteiger partial charge in [0.25, 0.3) is 0 Å². The molecule has 0 radical (unpaired) electrons. The molecular weight excluding hydrogens is 220 g/mol. The van der Waals surface area contributed by atoms with Gasteiger partial charge in [0.15, 0.2) is 0 Å². The fourth-order valence-electron chi connectivity index (χ4n) is 3.00. The van der Waals surface area contributed by atoms with E-state index in [1.54, 1.807) is 0 Å². The first-order chi connectivity index (χ1) is 7.55. The molecule has 1 saturated carbocycles. The summed E-state index contributed by atoms with van der Waals surface area (Å²) in [6, 6.07) is 0. The van der Waals surface area contributed by atoms with Crippen LogP contribution >= 0.6 is 11.8 Å². The van der Waals surface area contributed by atoms with E-state index in [1.807, 2.05) is 11.8 Å². The van der Waals surface area contributed by atoms with Crippen LogP contribution in [-0.4, -0.2) is 39.6 Å². The lowest BCUT2D eigenvalue weighted by Crippen LogP contribution is -2.43. The Morgan fingerprint density at radius 2 is 2.25 bits per heavy atom. The Labute approximate surface area is 101 Å². The van der Waals surface area contributed by atoms with E-state index >= 15 is 0 Å². The quantitative estimate of drug-likeness (QED) is 0.795. The third-order valence-electron chi connectivity index (χ3n) is 4.18. The van der Waals surface area contributed by atoms with Gasteiger partial charge < -0.3 is 4.90 Å². The van der Waals surface area contributed by atoms with Gasteiger partial charge in [-0.15, -0.1) is 0 Å². The van der Waals surface area contributed by atoms with E-state index < -0.39 is 0 Å². The molecule has 2 heterocycles. The molecule has 16 heavy (non-hydrogen) atoms. The maximum absolute atomic E-state index is 12.3. The van der Waals surface area contributed by atoms with Crippen molar-refractivity contribution in [2.45, 2.75) is 56.0 Å². The minimum Gasteiger partial charge on any atom is -0.324 e. The molecule has 0 bridgehead atoms. The zero-order valence-corrected chi connectivity index (χ0v) is 10.9. The first-order valence-electron chi connectivity index (χ1n) is 6.28.